The zero-order valence-corrected chi connectivity index (χ0v) is 15.5. The first kappa shape index (κ1) is 17.4. The van der Waals surface area contributed by atoms with Crippen LogP contribution in [-0.4, -0.2) is 28.5 Å². The summed E-state index contributed by atoms with van der Waals surface area (Å²) < 4.78 is 9.20. The molecule has 132 valence electrons. The van der Waals surface area contributed by atoms with Crippen molar-refractivity contribution in [3.05, 3.63) is 23.3 Å². The summed E-state index contributed by atoms with van der Waals surface area (Å²) in [4.78, 5) is 0. The highest BCUT2D eigenvalue weighted by molar-refractivity contribution is 7.78. The van der Waals surface area contributed by atoms with E-state index in [-0.39, 0.29) is 16.9 Å². The van der Waals surface area contributed by atoms with Crippen molar-refractivity contribution in [3.8, 4) is 5.75 Å². The van der Waals surface area contributed by atoms with E-state index in [0.717, 1.165) is 30.8 Å². The first-order valence-electron chi connectivity index (χ1n) is 8.85. The van der Waals surface area contributed by atoms with E-state index in [1.165, 1.54) is 36.4 Å². The number of hydrogen-bond acceptors (Lipinski definition) is 4. The number of rotatable bonds is 4. The monoisotopic (exact) mass is 348 g/mol. The molecule has 2 N–H and O–H groups in total. The van der Waals surface area contributed by atoms with Crippen LogP contribution in [0.4, 0.5) is 0 Å². The van der Waals surface area contributed by atoms with Gasteiger partial charge in [-0.1, -0.05) is 39.0 Å². The smallest absolute Gasteiger partial charge is 0.213 e. The molecule has 3 rings (SSSR count). The fourth-order valence-corrected chi connectivity index (χ4v) is 3.60. The average molecular weight is 349 g/mol. The molecule has 0 aromatic carbocycles. The lowest BCUT2D eigenvalue weighted by atomic mass is 9.76. The first-order chi connectivity index (χ1) is 11.4. The Morgan fingerprint density at radius 2 is 2.04 bits per heavy atom. The minimum atomic E-state index is 0.177. The van der Waals surface area contributed by atoms with Crippen molar-refractivity contribution in [1.82, 2.24) is 8.87 Å². The standard InChI is InChI=1S/C18H28N4OS/c1-18(8-4-3-5-9-18)12-23-15-10-16(19)22(17(20)21(2)24)11-14(15)13-6-7-13/h10-11,13,19-20,24H,3-9,12H2,1-2H3. The van der Waals surface area contributed by atoms with Gasteiger partial charge in [0, 0.05) is 30.3 Å². The Balaban J connectivity index is 1.83. The molecule has 1 aromatic rings. The summed E-state index contributed by atoms with van der Waals surface area (Å²) in [6, 6.07) is 1.77. The molecule has 1 aromatic heterocycles. The highest BCUT2D eigenvalue weighted by atomic mass is 32.1. The summed E-state index contributed by atoms with van der Waals surface area (Å²) in [6.45, 7) is 3.04. The maximum absolute atomic E-state index is 8.25. The third-order valence-corrected chi connectivity index (χ3v) is 5.46. The van der Waals surface area contributed by atoms with Crippen molar-refractivity contribution in [2.45, 2.75) is 57.8 Å². The normalized spacial score (nSPS) is 19.8. The van der Waals surface area contributed by atoms with Crippen molar-refractivity contribution in [2.75, 3.05) is 13.7 Å². The summed E-state index contributed by atoms with van der Waals surface area (Å²) in [7, 11) is 1.70. The molecule has 1 heterocycles. The van der Waals surface area contributed by atoms with E-state index in [1.54, 1.807) is 17.7 Å². The molecule has 2 aliphatic carbocycles. The van der Waals surface area contributed by atoms with Gasteiger partial charge >= 0.3 is 0 Å². The summed E-state index contributed by atoms with van der Waals surface area (Å²) >= 11 is 4.17. The molecule has 0 aliphatic heterocycles. The largest absolute Gasteiger partial charge is 0.493 e. The van der Waals surface area contributed by atoms with Crippen LogP contribution in [0.1, 0.15) is 63.4 Å². The van der Waals surface area contributed by atoms with Gasteiger partial charge < -0.3 is 4.74 Å². The Morgan fingerprint density at radius 1 is 1.38 bits per heavy atom. The van der Waals surface area contributed by atoms with Crippen LogP contribution in [0, 0.1) is 16.2 Å². The van der Waals surface area contributed by atoms with E-state index in [1.807, 2.05) is 6.20 Å². The van der Waals surface area contributed by atoms with Crippen molar-refractivity contribution in [1.29, 1.82) is 10.8 Å². The zero-order valence-electron chi connectivity index (χ0n) is 14.6. The Bertz CT molecular complexity index is 672. The summed E-state index contributed by atoms with van der Waals surface area (Å²) in [5.74, 6) is 1.51. The molecule has 0 bridgehead atoms. The molecule has 0 spiro atoms. The van der Waals surface area contributed by atoms with E-state index in [0.29, 0.717) is 5.92 Å². The molecule has 2 aliphatic rings. The maximum Gasteiger partial charge on any atom is 0.213 e. The lowest BCUT2D eigenvalue weighted by molar-refractivity contribution is 0.115. The van der Waals surface area contributed by atoms with Crippen molar-refractivity contribution in [3.63, 3.8) is 0 Å². The fraction of sp³-hybridized carbons (Fsp3) is 0.667. The fourth-order valence-electron chi connectivity index (χ4n) is 3.51. The third kappa shape index (κ3) is 3.79. The van der Waals surface area contributed by atoms with Crippen LogP contribution in [0.3, 0.4) is 0 Å². The molecular formula is C18H28N4OS. The van der Waals surface area contributed by atoms with Crippen LogP contribution in [0.2, 0.25) is 0 Å². The molecular weight excluding hydrogens is 320 g/mol. The molecule has 5 nitrogen and oxygen atoms in total. The topological polar surface area (TPSA) is 65.1 Å². The molecule has 0 radical (unpaired) electrons. The highest BCUT2D eigenvalue weighted by Gasteiger charge is 2.31. The van der Waals surface area contributed by atoms with Gasteiger partial charge in [0.2, 0.25) is 5.96 Å². The van der Waals surface area contributed by atoms with Gasteiger partial charge in [0.15, 0.2) is 0 Å². The van der Waals surface area contributed by atoms with E-state index in [2.05, 4.69) is 19.7 Å². The van der Waals surface area contributed by atoms with Crippen LogP contribution in [0.25, 0.3) is 0 Å². The molecule has 0 atom stereocenters. The lowest BCUT2D eigenvalue weighted by Crippen LogP contribution is -2.34. The maximum atomic E-state index is 8.25. The molecule has 0 saturated heterocycles. The van der Waals surface area contributed by atoms with E-state index in [9.17, 15) is 0 Å². The average Bonchev–Trinajstić information content (AvgIpc) is 3.38. The second-order valence-corrected chi connectivity index (χ2v) is 8.23. The Morgan fingerprint density at radius 3 is 2.62 bits per heavy atom. The molecule has 2 fully saturated rings. The van der Waals surface area contributed by atoms with E-state index >= 15 is 0 Å². The van der Waals surface area contributed by atoms with E-state index in [4.69, 9.17) is 15.6 Å². The van der Waals surface area contributed by atoms with Crippen molar-refractivity contribution >= 4 is 18.8 Å². The number of pyridine rings is 1. The first-order valence-corrected chi connectivity index (χ1v) is 9.25. The van der Waals surface area contributed by atoms with Crippen LogP contribution in [0.5, 0.6) is 5.75 Å². The van der Waals surface area contributed by atoms with Gasteiger partial charge in [-0.2, -0.15) is 0 Å². The van der Waals surface area contributed by atoms with Crippen LogP contribution in [0.15, 0.2) is 12.3 Å². The van der Waals surface area contributed by atoms with Crippen LogP contribution < -0.4 is 10.2 Å². The second kappa shape index (κ2) is 6.82. The number of aromatic nitrogens is 1. The van der Waals surface area contributed by atoms with Crippen molar-refractivity contribution < 1.29 is 4.74 Å². The highest BCUT2D eigenvalue weighted by Crippen LogP contribution is 2.44. The molecule has 0 amide bonds. The summed E-state index contributed by atoms with van der Waals surface area (Å²) in [6.07, 6.45) is 10.6. The lowest BCUT2D eigenvalue weighted by Gasteiger charge is -2.33. The van der Waals surface area contributed by atoms with Gasteiger partial charge in [-0.25, -0.2) is 0 Å². The van der Waals surface area contributed by atoms with Gasteiger partial charge in [-0.15, -0.1) is 0 Å². The third-order valence-electron chi connectivity index (χ3n) is 5.27. The molecule has 6 heteroatoms. The van der Waals surface area contributed by atoms with Crippen molar-refractivity contribution in [2.24, 2.45) is 5.41 Å². The quantitative estimate of drug-likeness (QED) is 0.441. The number of hydrogen-bond donors (Lipinski definition) is 3. The number of nitrogens with zero attached hydrogens (tertiary/aromatic N) is 2. The minimum absolute atomic E-state index is 0.177. The van der Waals surface area contributed by atoms with Crippen LogP contribution >= 0.6 is 12.8 Å². The predicted octanol–water partition coefficient (Wildman–Crippen LogP) is 3.75. The zero-order chi connectivity index (χ0) is 17.3. The molecule has 24 heavy (non-hydrogen) atoms. The van der Waals surface area contributed by atoms with Gasteiger partial charge in [-0.3, -0.25) is 19.7 Å². The number of ether oxygens (including phenoxy) is 1. The number of thiol groups is 1. The van der Waals surface area contributed by atoms with Gasteiger partial charge in [0.25, 0.3) is 0 Å². The van der Waals surface area contributed by atoms with Gasteiger partial charge in [-0.05, 0) is 31.6 Å². The van der Waals surface area contributed by atoms with E-state index < -0.39 is 0 Å². The molecule has 0 unspecified atom stereocenters. The second-order valence-electron chi connectivity index (χ2n) is 7.63. The van der Waals surface area contributed by atoms with Gasteiger partial charge in [0.1, 0.15) is 11.2 Å². The summed E-state index contributed by atoms with van der Waals surface area (Å²) in [5, 5.41) is 16.3. The van der Waals surface area contributed by atoms with Gasteiger partial charge in [0.05, 0.1) is 6.61 Å². The number of nitrogens with one attached hydrogen (secondary N) is 2. The summed E-state index contributed by atoms with van der Waals surface area (Å²) in [5.41, 5.74) is 1.64. The molecule has 2 saturated carbocycles. The predicted molar refractivity (Wildman–Crippen MR) is 98.8 cm³/mol. The SMILES string of the molecule is CN(S)C(=N)n1cc(C2CC2)c(OCC2(C)CCCCC2)cc1=N. The minimum Gasteiger partial charge on any atom is -0.493 e. The Hall–Kier alpha value is -1.43. The van der Waals surface area contributed by atoms with Crippen LogP contribution in [-0.2, 0) is 0 Å². The Labute approximate surface area is 149 Å². The Kier molecular flexibility index (Phi) is 4.95.